The number of benzene rings is 1. The molecule has 0 amide bonds. The van der Waals surface area contributed by atoms with Gasteiger partial charge in [0.25, 0.3) is 0 Å². The van der Waals surface area contributed by atoms with Crippen molar-refractivity contribution in [2.24, 2.45) is 0 Å². The van der Waals surface area contributed by atoms with Gasteiger partial charge in [0.1, 0.15) is 12.4 Å². The lowest BCUT2D eigenvalue weighted by Crippen LogP contribution is -2.16. The Morgan fingerprint density at radius 2 is 2.14 bits per heavy atom. The summed E-state index contributed by atoms with van der Waals surface area (Å²) < 4.78 is 0. The first kappa shape index (κ1) is 10.6. The normalized spacial score (nSPS) is 12.2. The van der Waals surface area contributed by atoms with Crippen molar-refractivity contribution < 1.29 is 14.7 Å². The van der Waals surface area contributed by atoms with Crippen LogP contribution < -0.4 is 0 Å². The number of hydrogen-bond acceptors (Lipinski definition) is 3. The van der Waals surface area contributed by atoms with E-state index in [1.807, 2.05) is 0 Å². The van der Waals surface area contributed by atoms with E-state index >= 15 is 0 Å². The van der Waals surface area contributed by atoms with Crippen molar-refractivity contribution in [3.8, 4) is 0 Å². The van der Waals surface area contributed by atoms with Gasteiger partial charge in [-0.3, -0.25) is 9.59 Å². The second kappa shape index (κ2) is 4.15. The van der Waals surface area contributed by atoms with Crippen LogP contribution in [0.15, 0.2) is 18.2 Å². The van der Waals surface area contributed by atoms with E-state index in [0.717, 1.165) is 5.56 Å². The average Bonchev–Trinajstić information content (AvgIpc) is 2.17. The predicted octanol–water partition coefficient (Wildman–Crippen LogP) is 1.37. The molecule has 0 saturated heterocycles. The smallest absolute Gasteiger partial charge is 0.190 e. The molecular weight excluding hydrogens is 180 g/mol. The van der Waals surface area contributed by atoms with Gasteiger partial charge >= 0.3 is 0 Å². The molecule has 0 aliphatic rings. The Morgan fingerprint density at radius 3 is 2.64 bits per heavy atom. The zero-order valence-electron chi connectivity index (χ0n) is 8.15. The zero-order chi connectivity index (χ0) is 10.7. The first-order valence-corrected chi connectivity index (χ1v) is 4.34. The topological polar surface area (TPSA) is 54.4 Å². The van der Waals surface area contributed by atoms with Crippen molar-refractivity contribution in [3.05, 3.63) is 34.9 Å². The van der Waals surface area contributed by atoms with E-state index in [4.69, 9.17) is 5.11 Å². The number of aryl methyl sites for hydroxylation is 1. The Balaban J connectivity index is 3.12. The lowest BCUT2D eigenvalue weighted by Gasteiger charge is -2.05. The molecule has 0 aromatic heterocycles. The van der Waals surface area contributed by atoms with Gasteiger partial charge in [-0.2, -0.15) is 0 Å². The summed E-state index contributed by atoms with van der Waals surface area (Å²) in [5.74, 6) is -0.367. The molecular formula is C11H12O3. The molecule has 1 unspecified atom stereocenters. The first-order valence-electron chi connectivity index (χ1n) is 4.34. The highest BCUT2D eigenvalue weighted by molar-refractivity contribution is 6.00. The fraction of sp³-hybridized carbons (Fsp3) is 0.273. The van der Waals surface area contributed by atoms with Crippen molar-refractivity contribution in [2.45, 2.75) is 20.0 Å². The lowest BCUT2D eigenvalue weighted by atomic mass is 10.0. The summed E-state index contributed by atoms with van der Waals surface area (Å²) >= 11 is 0. The standard InChI is InChI=1S/C11H12O3/c1-7-3-4-9(5-10(7)6-12)11(14)8(2)13/h3-6,8,13H,1-2H3. The lowest BCUT2D eigenvalue weighted by molar-refractivity contribution is 0.0779. The van der Waals surface area contributed by atoms with E-state index in [0.29, 0.717) is 17.4 Å². The van der Waals surface area contributed by atoms with Gasteiger partial charge in [-0.15, -0.1) is 0 Å². The van der Waals surface area contributed by atoms with Gasteiger partial charge in [-0.25, -0.2) is 0 Å². The maximum absolute atomic E-state index is 11.4. The summed E-state index contributed by atoms with van der Waals surface area (Å²) in [4.78, 5) is 22.0. The van der Waals surface area contributed by atoms with E-state index in [1.54, 1.807) is 19.1 Å². The van der Waals surface area contributed by atoms with E-state index in [9.17, 15) is 9.59 Å². The Labute approximate surface area is 82.4 Å². The summed E-state index contributed by atoms with van der Waals surface area (Å²) in [5, 5.41) is 9.07. The Hall–Kier alpha value is -1.48. The van der Waals surface area contributed by atoms with Crippen LogP contribution in [-0.4, -0.2) is 23.3 Å². The molecule has 0 aliphatic heterocycles. The molecule has 1 atom stereocenters. The predicted molar refractivity (Wildman–Crippen MR) is 52.6 cm³/mol. The number of aliphatic hydroxyl groups is 1. The van der Waals surface area contributed by atoms with Crippen LogP contribution in [0.3, 0.4) is 0 Å². The van der Waals surface area contributed by atoms with Crippen LogP contribution in [0.2, 0.25) is 0 Å². The van der Waals surface area contributed by atoms with Crippen LogP contribution in [0.1, 0.15) is 33.2 Å². The minimum atomic E-state index is -1.03. The zero-order valence-corrected chi connectivity index (χ0v) is 8.15. The number of rotatable bonds is 3. The highest BCUT2D eigenvalue weighted by Gasteiger charge is 2.12. The maximum atomic E-state index is 11.4. The van der Waals surface area contributed by atoms with Crippen LogP contribution in [-0.2, 0) is 0 Å². The fourth-order valence-corrected chi connectivity index (χ4v) is 1.16. The number of ketones is 1. The number of Topliss-reactive ketones (excluding diaryl/α,β-unsaturated/α-hetero) is 1. The van der Waals surface area contributed by atoms with Crippen molar-refractivity contribution in [2.75, 3.05) is 0 Å². The third-order valence-corrected chi connectivity index (χ3v) is 2.07. The van der Waals surface area contributed by atoms with Crippen molar-refractivity contribution in [1.29, 1.82) is 0 Å². The number of carbonyl (C=O) groups excluding carboxylic acids is 2. The van der Waals surface area contributed by atoms with E-state index in [2.05, 4.69) is 0 Å². The molecule has 14 heavy (non-hydrogen) atoms. The Morgan fingerprint density at radius 1 is 1.50 bits per heavy atom. The number of aliphatic hydroxyl groups excluding tert-OH is 1. The molecule has 1 rings (SSSR count). The quantitative estimate of drug-likeness (QED) is 0.581. The van der Waals surface area contributed by atoms with Gasteiger partial charge in [-0.1, -0.05) is 12.1 Å². The van der Waals surface area contributed by atoms with Gasteiger partial charge in [0, 0.05) is 11.1 Å². The monoisotopic (exact) mass is 192 g/mol. The van der Waals surface area contributed by atoms with Gasteiger partial charge < -0.3 is 5.11 Å². The molecule has 3 nitrogen and oxygen atoms in total. The first-order chi connectivity index (χ1) is 6.56. The molecule has 1 N–H and O–H groups in total. The second-order valence-electron chi connectivity index (χ2n) is 3.23. The molecule has 3 heteroatoms. The average molecular weight is 192 g/mol. The number of aldehydes is 1. The minimum absolute atomic E-state index is 0.367. The maximum Gasteiger partial charge on any atom is 0.190 e. The summed E-state index contributed by atoms with van der Waals surface area (Å²) in [7, 11) is 0. The third kappa shape index (κ3) is 2.06. The van der Waals surface area contributed by atoms with E-state index < -0.39 is 6.10 Å². The molecule has 0 radical (unpaired) electrons. The van der Waals surface area contributed by atoms with Crippen LogP contribution >= 0.6 is 0 Å². The molecule has 0 saturated carbocycles. The van der Waals surface area contributed by atoms with Crippen LogP contribution in [0, 0.1) is 6.92 Å². The van der Waals surface area contributed by atoms with Crippen molar-refractivity contribution >= 4 is 12.1 Å². The third-order valence-electron chi connectivity index (χ3n) is 2.07. The molecule has 0 heterocycles. The van der Waals surface area contributed by atoms with Crippen LogP contribution in [0.25, 0.3) is 0 Å². The molecule has 1 aromatic rings. The van der Waals surface area contributed by atoms with Gasteiger partial charge in [0.2, 0.25) is 0 Å². The molecule has 1 aromatic carbocycles. The number of carbonyl (C=O) groups is 2. The summed E-state index contributed by atoms with van der Waals surface area (Å²) in [6.07, 6.45) is -0.328. The van der Waals surface area contributed by atoms with Gasteiger partial charge in [-0.05, 0) is 25.5 Å². The molecule has 0 spiro atoms. The van der Waals surface area contributed by atoms with Crippen LogP contribution in [0.4, 0.5) is 0 Å². The van der Waals surface area contributed by atoms with E-state index in [-0.39, 0.29) is 5.78 Å². The summed E-state index contributed by atoms with van der Waals surface area (Å²) in [5.41, 5.74) is 1.67. The highest BCUT2D eigenvalue weighted by atomic mass is 16.3. The number of hydrogen-bond donors (Lipinski definition) is 1. The second-order valence-corrected chi connectivity index (χ2v) is 3.23. The van der Waals surface area contributed by atoms with Crippen LogP contribution in [0.5, 0.6) is 0 Å². The Bertz CT molecular complexity index is 367. The molecule has 0 aliphatic carbocycles. The van der Waals surface area contributed by atoms with Gasteiger partial charge in [0.15, 0.2) is 5.78 Å². The summed E-state index contributed by atoms with van der Waals surface area (Å²) in [6.45, 7) is 3.20. The van der Waals surface area contributed by atoms with Crippen molar-refractivity contribution in [3.63, 3.8) is 0 Å². The summed E-state index contributed by atoms with van der Waals surface area (Å²) in [6, 6.07) is 4.80. The van der Waals surface area contributed by atoms with Crippen molar-refractivity contribution in [1.82, 2.24) is 0 Å². The molecule has 0 fully saturated rings. The minimum Gasteiger partial charge on any atom is -0.385 e. The largest absolute Gasteiger partial charge is 0.385 e. The molecule has 74 valence electrons. The SMILES string of the molecule is Cc1ccc(C(=O)C(C)O)cc1C=O. The highest BCUT2D eigenvalue weighted by Crippen LogP contribution is 2.11. The fourth-order valence-electron chi connectivity index (χ4n) is 1.16. The Kier molecular flexibility index (Phi) is 3.14. The van der Waals surface area contributed by atoms with Gasteiger partial charge in [0.05, 0.1) is 0 Å². The molecule has 0 bridgehead atoms. The van der Waals surface area contributed by atoms with E-state index in [1.165, 1.54) is 13.0 Å².